The van der Waals surface area contributed by atoms with E-state index in [9.17, 15) is 0 Å². The van der Waals surface area contributed by atoms with Gasteiger partial charge in [-0.1, -0.05) is 0 Å². The summed E-state index contributed by atoms with van der Waals surface area (Å²) in [6, 6.07) is 2.20. The largest absolute Gasteiger partial charge is 0.311 e. The highest BCUT2D eigenvalue weighted by Crippen LogP contribution is 2.22. The van der Waals surface area contributed by atoms with Crippen LogP contribution in [0.15, 0.2) is 0 Å². The fourth-order valence-corrected chi connectivity index (χ4v) is 3.25. The molecule has 0 spiro atoms. The highest BCUT2D eigenvalue weighted by atomic mass is 32.2. The smallest absolute Gasteiger partial charge is 0.0315 e. The van der Waals surface area contributed by atoms with Gasteiger partial charge < -0.3 is 5.32 Å². The van der Waals surface area contributed by atoms with Gasteiger partial charge in [0.1, 0.15) is 0 Å². The molecule has 2 aliphatic heterocycles. The van der Waals surface area contributed by atoms with Crippen LogP contribution >= 0.6 is 11.8 Å². The Bertz CT molecular complexity index is 161. The molecule has 12 heavy (non-hydrogen) atoms. The first-order valence-electron chi connectivity index (χ1n) is 4.86. The molecule has 0 saturated carbocycles. The van der Waals surface area contributed by atoms with Gasteiger partial charge >= 0.3 is 0 Å². The summed E-state index contributed by atoms with van der Waals surface area (Å²) in [5, 5.41) is 3.58. The van der Waals surface area contributed by atoms with Crippen molar-refractivity contribution in [2.24, 2.45) is 0 Å². The Morgan fingerprint density at radius 2 is 2.25 bits per heavy atom. The molecule has 2 aliphatic rings. The molecule has 0 amide bonds. The fourth-order valence-electron chi connectivity index (χ4n) is 2.16. The molecule has 2 fully saturated rings. The minimum atomic E-state index is 0.671. The highest BCUT2D eigenvalue weighted by Gasteiger charge is 2.33. The normalized spacial score (nSPS) is 44.0. The SMILES string of the molecule is CC1NCC2CSCCN2C1C. The molecule has 3 heteroatoms. The van der Waals surface area contributed by atoms with E-state index in [0.29, 0.717) is 6.04 Å². The maximum Gasteiger partial charge on any atom is 0.0315 e. The van der Waals surface area contributed by atoms with Crippen LogP contribution in [0.2, 0.25) is 0 Å². The maximum atomic E-state index is 3.58. The van der Waals surface area contributed by atoms with Crippen LogP contribution in [0.5, 0.6) is 0 Å². The lowest BCUT2D eigenvalue weighted by Crippen LogP contribution is -2.63. The second-order valence-corrected chi connectivity index (χ2v) is 5.05. The molecule has 0 aliphatic carbocycles. The quantitative estimate of drug-likeness (QED) is 0.602. The molecule has 0 radical (unpaired) electrons. The number of rotatable bonds is 0. The zero-order chi connectivity index (χ0) is 8.55. The van der Waals surface area contributed by atoms with E-state index in [4.69, 9.17) is 0 Å². The Hall–Kier alpha value is 0.270. The van der Waals surface area contributed by atoms with E-state index in [0.717, 1.165) is 12.1 Å². The molecule has 0 aromatic rings. The first-order valence-corrected chi connectivity index (χ1v) is 6.01. The van der Waals surface area contributed by atoms with Crippen LogP contribution in [0.25, 0.3) is 0 Å². The molecule has 0 bridgehead atoms. The molecule has 2 saturated heterocycles. The fraction of sp³-hybridized carbons (Fsp3) is 1.00. The van der Waals surface area contributed by atoms with Crippen LogP contribution < -0.4 is 5.32 Å². The number of piperazine rings is 1. The van der Waals surface area contributed by atoms with E-state index in [2.05, 4.69) is 35.8 Å². The van der Waals surface area contributed by atoms with Crippen LogP contribution in [0.3, 0.4) is 0 Å². The number of fused-ring (bicyclic) bond motifs is 1. The lowest BCUT2D eigenvalue weighted by molar-refractivity contribution is 0.0935. The van der Waals surface area contributed by atoms with Gasteiger partial charge in [0.25, 0.3) is 0 Å². The second-order valence-electron chi connectivity index (χ2n) is 3.90. The average Bonchev–Trinajstić information content (AvgIpc) is 2.12. The van der Waals surface area contributed by atoms with Crippen molar-refractivity contribution in [2.45, 2.75) is 32.0 Å². The van der Waals surface area contributed by atoms with Gasteiger partial charge in [-0.25, -0.2) is 0 Å². The molecule has 70 valence electrons. The van der Waals surface area contributed by atoms with Gasteiger partial charge in [0.2, 0.25) is 0 Å². The van der Waals surface area contributed by atoms with Crippen molar-refractivity contribution in [3.8, 4) is 0 Å². The summed E-state index contributed by atoms with van der Waals surface area (Å²) in [5.41, 5.74) is 0. The summed E-state index contributed by atoms with van der Waals surface area (Å²) < 4.78 is 0. The van der Waals surface area contributed by atoms with Crippen molar-refractivity contribution in [3.05, 3.63) is 0 Å². The Kier molecular flexibility index (Phi) is 2.63. The van der Waals surface area contributed by atoms with Crippen molar-refractivity contribution < 1.29 is 0 Å². The van der Waals surface area contributed by atoms with E-state index in [1.54, 1.807) is 0 Å². The molecule has 0 aromatic carbocycles. The minimum absolute atomic E-state index is 0.671. The Balaban J connectivity index is 2.03. The predicted octanol–water partition coefficient (Wildman–Crippen LogP) is 0.784. The van der Waals surface area contributed by atoms with Gasteiger partial charge in [0, 0.05) is 42.7 Å². The summed E-state index contributed by atoms with van der Waals surface area (Å²) >= 11 is 2.10. The van der Waals surface area contributed by atoms with E-state index in [1.165, 1.54) is 24.6 Å². The summed E-state index contributed by atoms with van der Waals surface area (Å²) in [6.45, 7) is 7.13. The molecular formula is C9H18N2S. The summed E-state index contributed by atoms with van der Waals surface area (Å²) in [6.07, 6.45) is 0. The monoisotopic (exact) mass is 186 g/mol. The molecule has 3 unspecified atom stereocenters. The number of nitrogens with one attached hydrogen (secondary N) is 1. The molecular weight excluding hydrogens is 168 g/mol. The van der Waals surface area contributed by atoms with E-state index in [1.807, 2.05) is 0 Å². The molecule has 1 N–H and O–H groups in total. The van der Waals surface area contributed by atoms with Gasteiger partial charge in [0.15, 0.2) is 0 Å². The molecule has 3 atom stereocenters. The van der Waals surface area contributed by atoms with Gasteiger partial charge in [-0.2, -0.15) is 11.8 Å². The van der Waals surface area contributed by atoms with E-state index < -0.39 is 0 Å². The number of thioether (sulfide) groups is 1. The minimum Gasteiger partial charge on any atom is -0.311 e. The van der Waals surface area contributed by atoms with Crippen molar-refractivity contribution in [3.63, 3.8) is 0 Å². The van der Waals surface area contributed by atoms with Gasteiger partial charge in [-0.15, -0.1) is 0 Å². The van der Waals surface area contributed by atoms with Crippen LogP contribution in [0.1, 0.15) is 13.8 Å². The first-order chi connectivity index (χ1) is 5.79. The Morgan fingerprint density at radius 3 is 3.08 bits per heavy atom. The first kappa shape index (κ1) is 8.85. The average molecular weight is 186 g/mol. The lowest BCUT2D eigenvalue weighted by atomic mass is 10.0. The number of nitrogens with zero attached hydrogens (tertiary/aromatic N) is 1. The number of hydrogen-bond donors (Lipinski definition) is 1. The number of hydrogen-bond acceptors (Lipinski definition) is 3. The van der Waals surface area contributed by atoms with Crippen molar-refractivity contribution in [2.75, 3.05) is 24.6 Å². The summed E-state index contributed by atoms with van der Waals surface area (Å²) in [5.74, 6) is 2.65. The summed E-state index contributed by atoms with van der Waals surface area (Å²) in [4.78, 5) is 2.68. The summed E-state index contributed by atoms with van der Waals surface area (Å²) in [7, 11) is 0. The molecule has 2 heterocycles. The predicted molar refractivity (Wildman–Crippen MR) is 54.7 cm³/mol. The highest BCUT2D eigenvalue weighted by molar-refractivity contribution is 7.99. The van der Waals surface area contributed by atoms with Crippen LogP contribution in [0, 0.1) is 0 Å². The third kappa shape index (κ3) is 1.50. The third-order valence-corrected chi connectivity index (χ3v) is 4.29. The standard InChI is InChI=1S/C9H18N2S/c1-7-8(2)11-3-4-12-6-9(11)5-10-7/h7-10H,3-6H2,1-2H3. The van der Waals surface area contributed by atoms with E-state index >= 15 is 0 Å². The van der Waals surface area contributed by atoms with Crippen molar-refractivity contribution >= 4 is 11.8 Å². The third-order valence-electron chi connectivity index (χ3n) is 3.20. The molecule has 2 rings (SSSR count). The van der Waals surface area contributed by atoms with Gasteiger partial charge in [0.05, 0.1) is 0 Å². The lowest BCUT2D eigenvalue weighted by Gasteiger charge is -2.46. The van der Waals surface area contributed by atoms with Gasteiger partial charge in [-0.3, -0.25) is 4.90 Å². The zero-order valence-corrected chi connectivity index (χ0v) is 8.73. The van der Waals surface area contributed by atoms with Crippen LogP contribution in [0.4, 0.5) is 0 Å². The Labute approximate surface area is 79.1 Å². The van der Waals surface area contributed by atoms with E-state index in [-0.39, 0.29) is 0 Å². The van der Waals surface area contributed by atoms with Crippen LogP contribution in [-0.4, -0.2) is 47.6 Å². The second kappa shape index (κ2) is 3.56. The molecule has 2 nitrogen and oxygen atoms in total. The van der Waals surface area contributed by atoms with Crippen molar-refractivity contribution in [1.29, 1.82) is 0 Å². The van der Waals surface area contributed by atoms with Crippen molar-refractivity contribution in [1.82, 2.24) is 10.2 Å². The topological polar surface area (TPSA) is 15.3 Å². The molecule has 0 aromatic heterocycles. The maximum absolute atomic E-state index is 3.58. The Morgan fingerprint density at radius 1 is 1.42 bits per heavy atom. The van der Waals surface area contributed by atoms with Crippen LogP contribution in [-0.2, 0) is 0 Å². The van der Waals surface area contributed by atoms with Gasteiger partial charge in [-0.05, 0) is 13.8 Å². The zero-order valence-electron chi connectivity index (χ0n) is 7.92.